The van der Waals surface area contributed by atoms with Crippen molar-refractivity contribution in [2.75, 3.05) is 6.61 Å². The number of rotatable bonds is 6. The lowest BCUT2D eigenvalue weighted by Gasteiger charge is -2.15. The van der Waals surface area contributed by atoms with Crippen molar-refractivity contribution in [1.82, 2.24) is 14.5 Å². The molecule has 5 rings (SSSR count). The van der Waals surface area contributed by atoms with Gasteiger partial charge in [0.05, 0.1) is 34.0 Å². The van der Waals surface area contributed by atoms with Crippen LogP contribution in [-0.2, 0) is 23.5 Å². The van der Waals surface area contributed by atoms with Crippen LogP contribution < -0.4 is 5.56 Å². The number of thiophene rings is 1. The molecule has 8 heteroatoms. The van der Waals surface area contributed by atoms with E-state index in [4.69, 9.17) is 14.7 Å². The molecule has 0 amide bonds. The maximum absolute atomic E-state index is 13.5. The van der Waals surface area contributed by atoms with Gasteiger partial charge in [-0.25, -0.2) is 9.97 Å². The molecule has 30 heavy (non-hydrogen) atoms. The summed E-state index contributed by atoms with van der Waals surface area (Å²) >= 11 is 4.93. The third kappa shape index (κ3) is 3.70. The molecule has 0 bridgehead atoms. The van der Waals surface area contributed by atoms with Crippen LogP contribution in [0.5, 0.6) is 0 Å². The molecule has 5 nitrogen and oxygen atoms in total. The Bertz CT molecular complexity index is 1240. The van der Waals surface area contributed by atoms with Crippen molar-refractivity contribution in [1.29, 1.82) is 0 Å². The first-order valence-corrected chi connectivity index (χ1v) is 12.9. The van der Waals surface area contributed by atoms with Crippen LogP contribution in [0.2, 0.25) is 0 Å². The quantitative estimate of drug-likeness (QED) is 0.286. The SMILES string of the molecule is CCc1c(C)sc2nc(SCc3nc4ccccc4s3)n(C[C@H]3CCCO3)c(=O)c12. The van der Waals surface area contributed by atoms with Crippen LogP contribution in [0, 0.1) is 6.92 Å². The average molecular weight is 458 g/mol. The lowest BCUT2D eigenvalue weighted by atomic mass is 10.1. The van der Waals surface area contributed by atoms with Crippen molar-refractivity contribution in [2.24, 2.45) is 0 Å². The van der Waals surface area contributed by atoms with Crippen molar-refractivity contribution in [3.05, 3.63) is 50.1 Å². The molecule has 4 aromatic rings. The molecule has 3 aromatic heterocycles. The highest BCUT2D eigenvalue weighted by atomic mass is 32.2. The average Bonchev–Trinajstić information content (AvgIpc) is 3.46. The Morgan fingerprint density at radius 3 is 2.90 bits per heavy atom. The van der Waals surface area contributed by atoms with E-state index in [9.17, 15) is 4.79 Å². The Morgan fingerprint density at radius 2 is 2.13 bits per heavy atom. The fourth-order valence-corrected chi connectivity index (χ4v) is 7.15. The van der Waals surface area contributed by atoms with Gasteiger partial charge >= 0.3 is 0 Å². The first-order valence-electron chi connectivity index (χ1n) is 10.3. The van der Waals surface area contributed by atoms with Crippen molar-refractivity contribution in [3.63, 3.8) is 0 Å². The molecule has 0 N–H and O–H groups in total. The van der Waals surface area contributed by atoms with Gasteiger partial charge in [-0.3, -0.25) is 9.36 Å². The molecule has 1 aliphatic rings. The van der Waals surface area contributed by atoms with E-state index in [1.807, 2.05) is 22.8 Å². The largest absolute Gasteiger partial charge is 0.376 e. The summed E-state index contributed by atoms with van der Waals surface area (Å²) in [5, 5.41) is 2.62. The van der Waals surface area contributed by atoms with Gasteiger partial charge in [0.2, 0.25) is 0 Å². The van der Waals surface area contributed by atoms with E-state index in [-0.39, 0.29) is 11.7 Å². The normalized spacial score (nSPS) is 16.8. The Hall–Kier alpha value is -1.74. The number of nitrogens with zero attached hydrogens (tertiary/aromatic N) is 3. The van der Waals surface area contributed by atoms with Gasteiger partial charge in [0, 0.05) is 11.5 Å². The molecule has 0 aliphatic carbocycles. The fraction of sp³-hybridized carbons (Fsp3) is 0.409. The number of fused-ring (bicyclic) bond motifs is 2. The van der Waals surface area contributed by atoms with Gasteiger partial charge < -0.3 is 4.74 Å². The molecule has 0 radical (unpaired) electrons. The molecule has 1 atom stereocenters. The van der Waals surface area contributed by atoms with Crippen LogP contribution in [0.15, 0.2) is 34.2 Å². The van der Waals surface area contributed by atoms with Gasteiger partial charge in [-0.15, -0.1) is 22.7 Å². The van der Waals surface area contributed by atoms with Crippen LogP contribution >= 0.6 is 34.4 Å². The summed E-state index contributed by atoms with van der Waals surface area (Å²) in [5.74, 6) is 0.702. The zero-order chi connectivity index (χ0) is 20.7. The summed E-state index contributed by atoms with van der Waals surface area (Å²) in [6.45, 7) is 5.54. The molecule has 1 saturated heterocycles. The van der Waals surface area contributed by atoms with E-state index in [0.717, 1.165) is 57.3 Å². The van der Waals surface area contributed by atoms with Crippen LogP contribution in [0.4, 0.5) is 0 Å². The number of hydrogen-bond donors (Lipinski definition) is 0. The second-order valence-corrected chi connectivity index (χ2v) is 10.7. The highest BCUT2D eigenvalue weighted by molar-refractivity contribution is 7.98. The lowest BCUT2D eigenvalue weighted by molar-refractivity contribution is 0.0937. The predicted octanol–water partition coefficient (Wildman–Crippen LogP) is 5.41. The number of thioether (sulfide) groups is 1. The van der Waals surface area contributed by atoms with Crippen molar-refractivity contribution in [3.8, 4) is 0 Å². The molecule has 156 valence electrons. The first kappa shape index (κ1) is 20.2. The van der Waals surface area contributed by atoms with E-state index < -0.39 is 0 Å². The maximum atomic E-state index is 13.5. The molecule has 4 heterocycles. The summed E-state index contributed by atoms with van der Waals surface area (Å²) < 4.78 is 8.88. The fourth-order valence-electron chi connectivity index (χ4n) is 4.03. The van der Waals surface area contributed by atoms with E-state index in [2.05, 4.69) is 19.9 Å². The van der Waals surface area contributed by atoms with Gasteiger partial charge in [-0.05, 0) is 43.9 Å². The van der Waals surface area contributed by atoms with Gasteiger partial charge in [-0.1, -0.05) is 30.8 Å². The van der Waals surface area contributed by atoms with Crippen LogP contribution in [0.1, 0.15) is 35.2 Å². The highest BCUT2D eigenvalue weighted by Gasteiger charge is 2.23. The third-order valence-corrected chi connectivity index (χ3v) is 8.75. The van der Waals surface area contributed by atoms with E-state index in [1.165, 1.54) is 9.58 Å². The van der Waals surface area contributed by atoms with E-state index in [1.54, 1.807) is 34.4 Å². The number of ether oxygens (including phenoxy) is 1. The summed E-state index contributed by atoms with van der Waals surface area (Å²) in [7, 11) is 0. The topological polar surface area (TPSA) is 57.0 Å². The summed E-state index contributed by atoms with van der Waals surface area (Å²) in [4.78, 5) is 25.3. The van der Waals surface area contributed by atoms with E-state index >= 15 is 0 Å². The van der Waals surface area contributed by atoms with Gasteiger partial charge in [0.15, 0.2) is 5.16 Å². The molecule has 1 fully saturated rings. The summed E-state index contributed by atoms with van der Waals surface area (Å²) in [6, 6.07) is 8.19. The zero-order valence-electron chi connectivity index (χ0n) is 17.0. The second kappa shape index (κ2) is 8.42. The molecular weight excluding hydrogens is 434 g/mol. The Labute approximate surface area is 187 Å². The second-order valence-electron chi connectivity index (χ2n) is 7.48. The van der Waals surface area contributed by atoms with Crippen molar-refractivity contribution < 1.29 is 4.74 Å². The molecular formula is C22H23N3O2S3. The molecule has 1 aromatic carbocycles. The smallest absolute Gasteiger partial charge is 0.263 e. The minimum Gasteiger partial charge on any atom is -0.376 e. The van der Waals surface area contributed by atoms with Gasteiger partial charge in [-0.2, -0.15) is 0 Å². The minimum atomic E-state index is 0.0727. The third-order valence-electron chi connectivity index (χ3n) is 5.50. The number of aromatic nitrogens is 3. The highest BCUT2D eigenvalue weighted by Crippen LogP contribution is 2.32. The minimum absolute atomic E-state index is 0.0727. The predicted molar refractivity (Wildman–Crippen MR) is 126 cm³/mol. The number of para-hydroxylation sites is 1. The van der Waals surface area contributed by atoms with Crippen LogP contribution in [-0.4, -0.2) is 27.2 Å². The molecule has 0 spiro atoms. The Balaban J connectivity index is 1.53. The molecule has 0 saturated carbocycles. The van der Waals surface area contributed by atoms with E-state index in [0.29, 0.717) is 12.3 Å². The summed E-state index contributed by atoms with van der Waals surface area (Å²) in [6.07, 6.45) is 2.99. The summed E-state index contributed by atoms with van der Waals surface area (Å²) in [5.41, 5.74) is 2.24. The van der Waals surface area contributed by atoms with Gasteiger partial charge in [0.1, 0.15) is 9.84 Å². The van der Waals surface area contributed by atoms with Gasteiger partial charge in [0.25, 0.3) is 5.56 Å². The zero-order valence-corrected chi connectivity index (χ0v) is 19.5. The van der Waals surface area contributed by atoms with Crippen molar-refractivity contribution in [2.45, 2.75) is 56.7 Å². The van der Waals surface area contributed by atoms with Crippen LogP contribution in [0.3, 0.4) is 0 Å². The first-order chi connectivity index (χ1) is 14.6. The molecule has 1 aliphatic heterocycles. The van der Waals surface area contributed by atoms with Crippen LogP contribution in [0.25, 0.3) is 20.4 Å². The van der Waals surface area contributed by atoms with Crippen molar-refractivity contribution >= 4 is 54.9 Å². The Morgan fingerprint density at radius 1 is 1.27 bits per heavy atom. The lowest BCUT2D eigenvalue weighted by Crippen LogP contribution is -2.28. The maximum Gasteiger partial charge on any atom is 0.263 e. The number of aryl methyl sites for hydroxylation is 2. The Kier molecular flexibility index (Phi) is 5.66. The number of benzene rings is 1. The number of thiazole rings is 1. The number of hydrogen-bond acceptors (Lipinski definition) is 7. The monoisotopic (exact) mass is 457 g/mol. The molecule has 0 unspecified atom stereocenters. The standard InChI is InChI=1S/C22H23N3O2S3/c1-3-15-13(2)29-20-19(15)21(26)25(11-14-7-6-10-27-14)22(24-20)28-12-18-23-16-8-4-5-9-17(16)30-18/h4-5,8-9,14H,3,6-7,10-12H2,1-2H3/t14-/m1/s1.